The van der Waals surface area contributed by atoms with Crippen LogP contribution in [0, 0.1) is 6.92 Å². The maximum Gasteiger partial charge on any atom is 0.409 e. The largest absolute Gasteiger partial charge is 0.453 e. The number of thiazole rings is 1. The van der Waals surface area contributed by atoms with Crippen LogP contribution in [0.5, 0.6) is 0 Å². The number of carbonyl (C=O) groups excluding carboxylic acids is 2. The van der Waals surface area contributed by atoms with Crippen LogP contribution in [0.15, 0.2) is 6.20 Å². The third kappa shape index (κ3) is 4.59. The molecule has 1 aromatic rings. The van der Waals surface area contributed by atoms with E-state index in [-0.39, 0.29) is 18.2 Å². The number of methoxy groups -OCH3 is 1. The van der Waals surface area contributed by atoms with Crippen LogP contribution in [0.4, 0.5) is 9.59 Å². The minimum atomic E-state index is -0.307. The van der Waals surface area contributed by atoms with Gasteiger partial charge in [0.1, 0.15) is 0 Å². The summed E-state index contributed by atoms with van der Waals surface area (Å²) in [5.41, 5.74) is 0. The topological polar surface area (TPSA) is 83.6 Å². The number of aromatic nitrogens is 1. The molecule has 0 aliphatic carbocycles. The Morgan fingerprint density at radius 2 is 2.19 bits per heavy atom. The second kappa shape index (κ2) is 7.26. The number of aryl methyl sites for hydroxylation is 1. The minimum absolute atomic E-state index is 0.0918. The monoisotopic (exact) mass is 312 g/mol. The Hall–Kier alpha value is -1.83. The summed E-state index contributed by atoms with van der Waals surface area (Å²) in [6.07, 6.45) is 2.94. The van der Waals surface area contributed by atoms with E-state index in [1.165, 1.54) is 7.11 Å². The first-order valence-electron chi connectivity index (χ1n) is 6.87. The number of nitrogens with one attached hydrogen (secondary N) is 2. The summed E-state index contributed by atoms with van der Waals surface area (Å²) in [4.78, 5) is 30.0. The Morgan fingerprint density at radius 3 is 2.76 bits per heavy atom. The molecule has 21 heavy (non-hydrogen) atoms. The lowest BCUT2D eigenvalue weighted by atomic mass is 10.1. The molecule has 2 heterocycles. The molecule has 8 heteroatoms. The minimum Gasteiger partial charge on any atom is -0.453 e. The molecule has 7 nitrogen and oxygen atoms in total. The molecule has 0 spiro atoms. The number of rotatable bonds is 3. The van der Waals surface area contributed by atoms with Gasteiger partial charge in [-0.25, -0.2) is 14.6 Å². The zero-order valence-corrected chi connectivity index (χ0v) is 13.0. The van der Waals surface area contributed by atoms with Gasteiger partial charge in [0.05, 0.1) is 18.7 Å². The normalized spacial score (nSPS) is 15.6. The van der Waals surface area contributed by atoms with Gasteiger partial charge >= 0.3 is 12.1 Å². The van der Waals surface area contributed by atoms with Crippen molar-refractivity contribution in [2.45, 2.75) is 32.4 Å². The highest BCUT2D eigenvalue weighted by Gasteiger charge is 2.24. The van der Waals surface area contributed by atoms with Crippen LogP contribution < -0.4 is 10.6 Å². The summed E-state index contributed by atoms with van der Waals surface area (Å²) < 4.78 is 4.68. The van der Waals surface area contributed by atoms with Crippen LogP contribution in [0.2, 0.25) is 0 Å². The summed E-state index contributed by atoms with van der Waals surface area (Å²) in [7, 11) is 1.38. The molecule has 2 N–H and O–H groups in total. The zero-order valence-electron chi connectivity index (χ0n) is 12.2. The second-order valence-electron chi connectivity index (χ2n) is 4.90. The van der Waals surface area contributed by atoms with Crippen molar-refractivity contribution in [2.75, 3.05) is 20.2 Å². The number of nitrogens with zero attached hydrogens (tertiary/aromatic N) is 2. The Balaban J connectivity index is 1.68. The van der Waals surface area contributed by atoms with Crippen molar-refractivity contribution in [3.63, 3.8) is 0 Å². The number of hydrogen-bond donors (Lipinski definition) is 2. The molecule has 1 aliphatic heterocycles. The van der Waals surface area contributed by atoms with E-state index in [1.54, 1.807) is 22.4 Å². The fourth-order valence-electron chi connectivity index (χ4n) is 2.23. The molecule has 2 rings (SSSR count). The fraction of sp³-hybridized carbons (Fsp3) is 0.615. The lowest BCUT2D eigenvalue weighted by Gasteiger charge is -2.31. The first-order chi connectivity index (χ1) is 10.1. The van der Waals surface area contributed by atoms with E-state index in [4.69, 9.17) is 0 Å². The van der Waals surface area contributed by atoms with Gasteiger partial charge in [0.2, 0.25) is 0 Å². The van der Waals surface area contributed by atoms with E-state index in [9.17, 15) is 9.59 Å². The molecule has 0 unspecified atom stereocenters. The summed E-state index contributed by atoms with van der Waals surface area (Å²) in [6, 6.07) is -0.0910. The predicted molar refractivity (Wildman–Crippen MR) is 79.2 cm³/mol. The van der Waals surface area contributed by atoms with Gasteiger partial charge in [-0.1, -0.05) is 0 Å². The first kappa shape index (κ1) is 15.6. The van der Waals surface area contributed by atoms with Crippen LogP contribution in [0.25, 0.3) is 0 Å². The molecule has 0 aromatic carbocycles. The van der Waals surface area contributed by atoms with E-state index in [1.807, 2.05) is 6.92 Å². The molecule has 0 atom stereocenters. The van der Waals surface area contributed by atoms with Gasteiger partial charge in [0.25, 0.3) is 0 Å². The van der Waals surface area contributed by atoms with E-state index < -0.39 is 0 Å². The van der Waals surface area contributed by atoms with Crippen molar-refractivity contribution in [1.82, 2.24) is 20.5 Å². The number of carbonyl (C=O) groups is 2. The van der Waals surface area contributed by atoms with Crippen molar-refractivity contribution in [1.29, 1.82) is 0 Å². The van der Waals surface area contributed by atoms with Gasteiger partial charge in [0, 0.05) is 30.2 Å². The van der Waals surface area contributed by atoms with Crippen molar-refractivity contribution in [3.8, 4) is 0 Å². The molecule has 0 saturated carbocycles. The molecule has 0 radical (unpaired) electrons. The highest BCUT2D eigenvalue weighted by atomic mass is 32.1. The number of hydrogen-bond acceptors (Lipinski definition) is 5. The lowest BCUT2D eigenvalue weighted by molar-refractivity contribution is 0.110. The van der Waals surface area contributed by atoms with Crippen LogP contribution in [-0.2, 0) is 11.3 Å². The summed E-state index contributed by atoms with van der Waals surface area (Å²) >= 11 is 1.57. The molecular weight excluding hydrogens is 292 g/mol. The van der Waals surface area contributed by atoms with E-state index in [0.717, 1.165) is 22.7 Å². The molecular formula is C13H20N4O3S. The first-order valence-corrected chi connectivity index (χ1v) is 7.68. The quantitative estimate of drug-likeness (QED) is 0.885. The Kier molecular flexibility index (Phi) is 5.38. The molecule has 1 saturated heterocycles. The van der Waals surface area contributed by atoms with Crippen LogP contribution in [-0.4, -0.2) is 48.2 Å². The third-order valence-corrected chi connectivity index (χ3v) is 4.27. The van der Waals surface area contributed by atoms with Crippen LogP contribution in [0.3, 0.4) is 0 Å². The van der Waals surface area contributed by atoms with Gasteiger partial charge in [-0.05, 0) is 19.8 Å². The van der Waals surface area contributed by atoms with Gasteiger partial charge in [-0.3, -0.25) is 0 Å². The second-order valence-corrected chi connectivity index (χ2v) is 6.22. The highest BCUT2D eigenvalue weighted by Crippen LogP contribution is 2.12. The summed E-state index contributed by atoms with van der Waals surface area (Å²) in [6.45, 7) is 3.62. The SMILES string of the molecule is COC(=O)N1CCC(NC(=O)NCc2cnc(C)s2)CC1. The van der Waals surface area contributed by atoms with Crippen molar-refractivity contribution >= 4 is 23.5 Å². The standard InChI is InChI=1S/C13H20N4O3S/c1-9-14-7-11(21-9)8-15-12(18)16-10-3-5-17(6-4-10)13(19)20-2/h7,10H,3-6,8H2,1-2H3,(H2,15,16,18). The predicted octanol–water partition coefficient (Wildman–Crippen LogP) is 1.48. The van der Waals surface area contributed by atoms with Crippen molar-refractivity contribution in [2.24, 2.45) is 0 Å². The van der Waals surface area contributed by atoms with Crippen molar-refractivity contribution < 1.29 is 14.3 Å². The van der Waals surface area contributed by atoms with Crippen LogP contribution in [0.1, 0.15) is 22.7 Å². The van der Waals surface area contributed by atoms with Gasteiger partial charge in [-0.15, -0.1) is 11.3 Å². The smallest absolute Gasteiger partial charge is 0.409 e. The molecule has 0 bridgehead atoms. The maximum absolute atomic E-state index is 11.8. The molecule has 1 aromatic heterocycles. The van der Waals surface area contributed by atoms with Crippen LogP contribution >= 0.6 is 11.3 Å². The third-order valence-electron chi connectivity index (χ3n) is 3.36. The van der Waals surface area contributed by atoms with E-state index in [0.29, 0.717) is 19.6 Å². The van der Waals surface area contributed by atoms with Gasteiger partial charge in [-0.2, -0.15) is 0 Å². The summed E-state index contributed by atoms with van der Waals surface area (Å²) in [5, 5.41) is 6.74. The molecule has 1 fully saturated rings. The molecule has 116 valence electrons. The number of ether oxygens (including phenoxy) is 1. The average Bonchev–Trinajstić information content (AvgIpc) is 2.91. The number of amides is 3. The Labute approximate surface area is 127 Å². The number of likely N-dealkylation sites (tertiary alicyclic amines) is 1. The Bertz CT molecular complexity index is 497. The average molecular weight is 312 g/mol. The fourth-order valence-corrected chi connectivity index (χ4v) is 2.96. The number of piperidine rings is 1. The van der Waals surface area contributed by atoms with Crippen molar-refractivity contribution in [3.05, 3.63) is 16.1 Å². The summed E-state index contributed by atoms with van der Waals surface area (Å²) in [5.74, 6) is 0. The maximum atomic E-state index is 11.8. The number of urea groups is 1. The lowest BCUT2D eigenvalue weighted by Crippen LogP contribution is -2.48. The molecule has 1 aliphatic rings. The van der Waals surface area contributed by atoms with Gasteiger partial charge < -0.3 is 20.3 Å². The van der Waals surface area contributed by atoms with E-state index >= 15 is 0 Å². The zero-order chi connectivity index (χ0) is 15.2. The van der Waals surface area contributed by atoms with Gasteiger partial charge in [0.15, 0.2) is 0 Å². The molecule has 3 amide bonds. The Morgan fingerprint density at radius 1 is 1.48 bits per heavy atom. The van der Waals surface area contributed by atoms with E-state index in [2.05, 4.69) is 20.4 Å². The highest BCUT2D eigenvalue weighted by molar-refractivity contribution is 7.11.